The van der Waals surface area contributed by atoms with E-state index in [-0.39, 0.29) is 18.3 Å². The zero-order valence-electron chi connectivity index (χ0n) is 18.3. The fraction of sp³-hybridized carbons (Fsp3) is 0.200. The minimum atomic E-state index is -0.164. The summed E-state index contributed by atoms with van der Waals surface area (Å²) in [5, 5.41) is 1.96. The summed E-state index contributed by atoms with van der Waals surface area (Å²) in [7, 11) is 6.47. The van der Waals surface area contributed by atoms with E-state index in [1.54, 1.807) is 45.5 Å². The molecular formula is C25H24BrNO5. The van der Waals surface area contributed by atoms with Gasteiger partial charge in [-0.25, -0.2) is 0 Å². The van der Waals surface area contributed by atoms with Gasteiger partial charge in [-0.1, -0.05) is 24.3 Å². The molecule has 32 heavy (non-hydrogen) atoms. The third-order valence-electron chi connectivity index (χ3n) is 4.85. The molecule has 0 aliphatic carbocycles. The first-order valence-electron chi connectivity index (χ1n) is 9.83. The highest BCUT2D eigenvalue weighted by atomic mass is 79.9. The molecule has 3 rings (SSSR count). The zero-order valence-corrected chi connectivity index (χ0v) is 19.9. The molecule has 1 amide bonds. The molecule has 0 heterocycles. The number of carbonyl (C=O) groups is 2. The molecule has 0 bridgehead atoms. The van der Waals surface area contributed by atoms with Gasteiger partial charge < -0.3 is 19.1 Å². The van der Waals surface area contributed by atoms with Crippen LogP contribution in [0.3, 0.4) is 0 Å². The smallest absolute Gasteiger partial charge is 0.259 e. The fourth-order valence-corrected chi connectivity index (χ4v) is 3.59. The minimum Gasteiger partial charge on any atom is -0.497 e. The van der Waals surface area contributed by atoms with Crippen molar-refractivity contribution in [2.75, 3.05) is 34.9 Å². The number of carbonyl (C=O) groups excluding carboxylic acids is 2. The summed E-state index contributed by atoms with van der Waals surface area (Å²) >= 11 is 3.46. The maximum atomic E-state index is 12.7. The van der Waals surface area contributed by atoms with Crippen LogP contribution in [0.2, 0.25) is 0 Å². The van der Waals surface area contributed by atoms with E-state index in [2.05, 4.69) is 15.9 Å². The molecule has 0 aromatic heterocycles. The first kappa shape index (κ1) is 23.3. The number of benzene rings is 3. The van der Waals surface area contributed by atoms with Gasteiger partial charge in [-0.3, -0.25) is 9.59 Å². The van der Waals surface area contributed by atoms with Crippen molar-refractivity contribution < 1.29 is 23.8 Å². The lowest BCUT2D eigenvalue weighted by Gasteiger charge is -2.15. The van der Waals surface area contributed by atoms with Gasteiger partial charge in [-0.05, 0) is 68.7 Å². The van der Waals surface area contributed by atoms with Crippen LogP contribution < -0.4 is 14.2 Å². The van der Waals surface area contributed by atoms with E-state index in [4.69, 9.17) is 14.2 Å². The number of hydrogen-bond donors (Lipinski definition) is 0. The van der Waals surface area contributed by atoms with Crippen LogP contribution in [0.15, 0.2) is 59.1 Å². The predicted molar refractivity (Wildman–Crippen MR) is 129 cm³/mol. The molecule has 0 saturated heterocycles. The highest BCUT2D eigenvalue weighted by molar-refractivity contribution is 9.10. The van der Waals surface area contributed by atoms with E-state index in [1.165, 1.54) is 18.1 Å². The van der Waals surface area contributed by atoms with Crippen molar-refractivity contribution in [1.29, 1.82) is 0 Å². The summed E-state index contributed by atoms with van der Waals surface area (Å²) in [6.45, 7) is -0.108. The average Bonchev–Trinajstić information content (AvgIpc) is 2.80. The second kappa shape index (κ2) is 10.3. The largest absolute Gasteiger partial charge is 0.497 e. The van der Waals surface area contributed by atoms with E-state index < -0.39 is 0 Å². The van der Waals surface area contributed by atoms with E-state index in [9.17, 15) is 9.59 Å². The Labute approximate surface area is 195 Å². The summed E-state index contributed by atoms with van der Waals surface area (Å²) in [4.78, 5) is 26.0. The first-order chi connectivity index (χ1) is 15.3. The Balaban J connectivity index is 1.79. The lowest BCUT2D eigenvalue weighted by atomic mass is 10.0. The number of hydrogen-bond acceptors (Lipinski definition) is 5. The Kier molecular flexibility index (Phi) is 7.53. The summed E-state index contributed by atoms with van der Waals surface area (Å²) < 4.78 is 16.9. The highest BCUT2D eigenvalue weighted by Crippen LogP contribution is 2.37. The van der Waals surface area contributed by atoms with Gasteiger partial charge in [0.25, 0.3) is 5.91 Å². The van der Waals surface area contributed by atoms with Crippen LogP contribution in [0.5, 0.6) is 17.2 Å². The fourth-order valence-electron chi connectivity index (χ4n) is 3.01. The molecule has 7 heteroatoms. The summed E-state index contributed by atoms with van der Waals surface area (Å²) in [6, 6.07) is 14.8. The summed E-state index contributed by atoms with van der Waals surface area (Å²) in [6.07, 6.45) is 3.23. The number of amides is 1. The van der Waals surface area contributed by atoms with Crippen LogP contribution in [0.1, 0.15) is 15.9 Å². The molecule has 0 fully saturated rings. The topological polar surface area (TPSA) is 65.1 Å². The molecule has 0 radical (unpaired) electrons. The Morgan fingerprint density at radius 2 is 1.69 bits per heavy atom. The van der Waals surface area contributed by atoms with Gasteiger partial charge >= 0.3 is 0 Å². The number of ketones is 1. The van der Waals surface area contributed by atoms with Gasteiger partial charge in [0.1, 0.15) is 5.75 Å². The molecule has 0 saturated carbocycles. The quantitative estimate of drug-likeness (QED) is 0.324. The predicted octanol–water partition coefficient (Wildman–Crippen LogP) is 4.98. The maximum absolute atomic E-state index is 12.7. The molecule has 6 nitrogen and oxygen atoms in total. The monoisotopic (exact) mass is 497 g/mol. The molecular weight excluding hydrogens is 474 g/mol. The molecule has 0 unspecified atom stereocenters. The zero-order chi connectivity index (χ0) is 23.3. The van der Waals surface area contributed by atoms with Crippen molar-refractivity contribution >= 4 is 44.5 Å². The number of allylic oxidation sites excluding steroid dienone is 1. The number of likely N-dealkylation sites (N-methyl/N-ethyl adjacent to an activating group) is 1. The van der Waals surface area contributed by atoms with Crippen molar-refractivity contribution in [3.05, 3.63) is 70.2 Å². The maximum Gasteiger partial charge on any atom is 0.259 e. The van der Waals surface area contributed by atoms with Crippen molar-refractivity contribution in [2.24, 2.45) is 0 Å². The highest BCUT2D eigenvalue weighted by Gasteiger charge is 2.14. The van der Waals surface area contributed by atoms with Crippen molar-refractivity contribution in [2.45, 2.75) is 0 Å². The number of fused-ring (bicyclic) bond motifs is 1. The van der Waals surface area contributed by atoms with Crippen LogP contribution in [0, 0.1) is 0 Å². The number of halogens is 1. The van der Waals surface area contributed by atoms with Crippen molar-refractivity contribution in [3.8, 4) is 17.2 Å². The Hall–Kier alpha value is -3.32. The van der Waals surface area contributed by atoms with Crippen LogP contribution in [0.4, 0.5) is 0 Å². The summed E-state index contributed by atoms with van der Waals surface area (Å²) in [5.41, 5.74) is 1.34. The van der Waals surface area contributed by atoms with Gasteiger partial charge in [0.05, 0.1) is 18.7 Å². The first-order valence-corrected chi connectivity index (χ1v) is 10.6. The molecule has 0 N–H and O–H groups in total. The lowest BCUT2D eigenvalue weighted by molar-refractivity contribution is -0.130. The second-order valence-electron chi connectivity index (χ2n) is 7.24. The van der Waals surface area contributed by atoms with Gasteiger partial charge in [0.2, 0.25) is 0 Å². The molecule has 3 aromatic carbocycles. The lowest BCUT2D eigenvalue weighted by Crippen LogP contribution is -2.27. The van der Waals surface area contributed by atoms with Crippen molar-refractivity contribution in [1.82, 2.24) is 4.90 Å². The van der Waals surface area contributed by atoms with E-state index in [0.717, 1.165) is 22.1 Å². The van der Waals surface area contributed by atoms with E-state index in [1.807, 2.05) is 30.3 Å². The van der Waals surface area contributed by atoms with Crippen LogP contribution >= 0.6 is 15.9 Å². The molecule has 3 aromatic rings. The van der Waals surface area contributed by atoms with Crippen LogP contribution in [-0.4, -0.2) is 51.5 Å². The standard InChI is InChI=1S/C25H24BrNO5/c1-27(2)24(29)15-32-25-21(26)11-16(12-23(25)31-4)5-10-22(28)19-7-6-18-14-20(30-3)9-8-17(18)13-19/h5-14H,15H2,1-4H3/b10-5+. The third kappa shape index (κ3) is 5.48. The second-order valence-corrected chi connectivity index (χ2v) is 8.09. The normalized spacial score (nSPS) is 10.9. The van der Waals surface area contributed by atoms with Gasteiger partial charge in [0.15, 0.2) is 23.9 Å². The Morgan fingerprint density at radius 1 is 0.969 bits per heavy atom. The SMILES string of the molecule is COc1ccc2cc(C(=O)/C=C/c3cc(Br)c(OCC(=O)N(C)C)c(OC)c3)ccc2c1. The Morgan fingerprint density at radius 3 is 2.38 bits per heavy atom. The van der Waals surface area contributed by atoms with Crippen molar-refractivity contribution in [3.63, 3.8) is 0 Å². The van der Waals surface area contributed by atoms with Crippen LogP contribution in [0.25, 0.3) is 16.8 Å². The molecule has 0 atom stereocenters. The number of ether oxygens (including phenoxy) is 3. The summed E-state index contributed by atoms with van der Waals surface area (Å²) in [5.74, 6) is 1.38. The van der Waals surface area contributed by atoms with Gasteiger partial charge in [-0.15, -0.1) is 0 Å². The number of nitrogens with zero attached hydrogens (tertiary/aromatic N) is 1. The minimum absolute atomic E-state index is 0.108. The molecule has 0 aliphatic rings. The van der Waals surface area contributed by atoms with Crippen LogP contribution in [-0.2, 0) is 4.79 Å². The number of methoxy groups -OCH3 is 2. The molecule has 0 spiro atoms. The molecule has 166 valence electrons. The van der Waals surface area contributed by atoms with Gasteiger partial charge in [-0.2, -0.15) is 0 Å². The van der Waals surface area contributed by atoms with Gasteiger partial charge in [0, 0.05) is 19.7 Å². The third-order valence-corrected chi connectivity index (χ3v) is 5.44. The van der Waals surface area contributed by atoms with E-state index in [0.29, 0.717) is 21.5 Å². The average molecular weight is 498 g/mol. The molecule has 0 aliphatic heterocycles. The van der Waals surface area contributed by atoms with E-state index >= 15 is 0 Å². The Bertz CT molecular complexity index is 1190. The number of rotatable bonds is 8.